The maximum absolute atomic E-state index is 6.39. The van der Waals surface area contributed by atoms with Gasteiger partial charge in [-0.05, 0) is 41.0 Å². The molecule has 3 aromatic carbocycles. The van der Waals surface area contributed by atoms with E-state index in [2.05, 4.69) is 47.4 Å². The highest BCUT2D eigenvalue weighted by Crippen LogP contribution is 2.41. The highest BCUT2D eigenvalue weighted by molar-refractivity contribution is 6.31. The SMILES string of the molecule is Clc1ccc2c3c(ccc2c1)OC1c2ccccc2CCN1C3. The van der Waals surface area contributed by atoms with Crippen LogP contribution in [0.15, 0.2) is 54.6 Å². The van der Waals surface area contributed by atoms with Gasteiger partial charge >= 0.3 is 0 Å². The molecule has 1 atom stereocenters. The minimum absolute atomic E-state index is 0.0391. The monoisotopic (exact) mass is 321 g/mol. The maximum atomic E-state index is 6.39. The fourth-order valence-corrected chi connectivity index (χ4v) is 4.00. The Bertz CT molecular complexity index is 921. The van der Waals surface area contributed by atoms with Gasteiger partial charge in [-0.15, -0.1) is 0 Å². The lowest BCUT2D eigenvalue weighted by atomic mass is 9.95. The predicted octanol–water partition coefficient (Wildman–Crippen LogP) is 4.94. The smallest absolute Gasteiger partial charge is 0.179 e. The van der Waals surface area contributed by atoms with Crippen molar-refractivity contribution in [3.63, 3.8) is 0 Å². The quantitative estimate of drug-likeness (QED) is 0.581. The van der Waals surface area contributed by atoms with Crippen LogP contribution in [0.5, 0.6) is 5.75 Å². The van der Waals surface area contributed by atoms with Crippen molar-refractivity contribution in [1.82, 2.24) is 4.90 Å². The summed E-state index contributed by atoms with van der Waals surface area (Å²) >= 11 is 6.13. The van der Waals surface area contributed by atoms with E-state index in [0.717, 1.165) is 30.3 Å². The molecule has 23 heavy (non-hydrogen) atoms. The van der Waals surface area contributed by atoms with Crippen molar-refractivity contribution >= 4 is 22.4 Å². The summed E-state index contributed by atoms with van der Waals surface area (Å²) in [5.41, 5.74) is 3.99. The molecule has 0 amide bonds. The van der Waals surface area contributed by atoms with E-state index in [1.165, 1.54) is 27.5 Å². The van der Waals surface area contributed by atoms with Crippen LogP contribution < -0.4 is 4.74 Å². The first-order valence-corrected chi connectivity index (χ1v) is 8.37. The predicted molar refractivity (Wildman–Crippen MR) is 92.9 cm³/mol. The molecule has 5 rings (SSSR count). The molecule has 0 N–H and O–H groups in total. The standard InChI is InChI=1S/C20H16ClNO/c21-15-6-7-16-14(11-15)5-8-19-18(16)12-22-10-9-13-3-1-2-4-17(13)20(22)23-19/h1-8,11,20H,9-10,12H2. The number of nitrogens with zero attached hydrogens (tertiary/aromatic N) is 1. The summed E-state index contributed by atoms with van der Waals surface area (Å²) in [6.45, 7) is 1.96. The van der Waals surface area contributed by atoms with Gasteiger partial charge in [-0.2, -0.15) is 0 Å². The third-order valence-electron chi connectivity index (χ3n) is 4.97. The van der Waals surface area contributed by atoms with Crippen molar-refractivity contribution in [1.29, 1.82) is 0 Å². The highest BCUT2D eigenvalue weighted by Gasteiger charge is 2.33. The lowest BCUT2D eigenvalue weighted by Gasteiger charge is -2.41. The average Bonchev–Trinajstić information content (AvgIpc) is 2.59. The van der Waals surface area contributed by atoms with E-state index in [9.17, 15) is 0 Å². The normalized spacial score (nSPS) is 19.6. The lowest BCUT2D eigenvalue weighted by molar-refractivity contribution is -0.00953. The number of hydrogen-bond donors (Lipinski definition) is 0. The molecule has 0 saturated carbocycles. The van der Waals surface area contributed by atoms with Crippen LogP contribution in [-0.4, -0.2) is 11.4 Å². The molecule has 0 radical (unpaired) electrons. The maximum Gasteiger partial charge on any atom is 0.179 e. The molecule has 3 aromatic rings. The van der Waals surface area contributed by atoms with E-state index in [1.807, 2.05) is 12.1 Å². The summed E-state index contributed by atoms with van der Waals surface area (Å²) in [6.07, 6.45) is 1.12. The summed E-state index contributed by atoms with van der Waals surface area (Å²) in [5.74, 6) is 0.998. The Morgan fingerprint density at radius 3 is 2.91 bits per heavy atom. The number of benzene rings is 3. The first-order valence-electron chi connectivity index (χ1n) is 7.99. The van der Waals surface area contributed by atoms with Crippen LogP contribution in [0.25, 0.3) is 10.8 Å². The van der Waals surface area contributed by atoms with Crippen molar-refractivity contribution in [2.24, 2.45) is 0 Å². The summed E-state index contributed by atoms with van der Waals surface area (Å²) in [5, 5.41) is 3.19. The lowest BCUT2D eigenvalue weighted by Crippen LogP contribution is -2.40. The van der Waals surface area contributed by atoms with Gasteiger partial charge in [0, 0.05) is 29.2 Å². The molecule has 0 spiro atoms. The van der Waals surface area contributed by atoms with Crippen molar-refractivity contribution in [2.75, 3.05) is 6.54 Å². The van der Waals surface area contributed by atoms with Gasteiger partial charge in [0.1, 0.15) is 5.75 Å². The zero-order valence-corrected chi connectivity index (χ0v) is 13.4. The first-order chi connectivity index (χ1) is 11.3. The molecule has 0 aromatic heterocycles. The van der Waals surface area contributed by atoms with E-state index in [4.69, 9.17) is 16.3 Å². The Kier molecular flexibility index (Phi) is 2.91. The zero-order valence-electron chi connectivity index (χ0n) is 12.6. The molecule has 1 unspecified atom stereocenters. The van der Waals surface area contributed by atoms with E-state index < -0.39 is 0 Å². The van der Waals surface area contributed by atoms with Crippen molar-refractivity contribution in [3.05, 3.63) is 76.3 Å². The number of ether oxygens (including phenoxy) is 1. The molecule has 2 aliphatic rings. The molecule has 3 heteroatoms. The minimum atomic E-state index is 0.0391. The number of hydrogen-bond acceptors (Lipinski definition) is 2. The van der Waals surface area contributed by atoms with Gasteiger partial charge in [0.15, 0.2) is 6.23 Å². The van der Waals surface area contributed by atoms with Crippen LogP contribution in [0.1, 0.15) is 22.9 Å². The molecular weight excluding hydrogens is 306 g/mol. The van der Waals surface area contributed by atoms with Gasteiger partial charge in [0.05, 0.1) is 0 Å². The molecule has 2 aliphatic heterocycles. The van der Waals surface area contributed by atoms with Gasteiger partial charge in [0.2, 0.25) is 0 Å². The average molecular weight is 322 g/mol. The van der Waals surface area contributed by atoms with Gasteiger partial charge in [-0.1, -0.05) is 48.0 Å². The molecule has 0 saturated heterocycles. The Labute approximate surface area is 140 Å². The summed E-state index contributed by atoms with van der Waals surface area (Å²) in [6, 6.07) is 18.9. The molecule has 114 valence electrons. The second kappa shape index (κ2) is 4.98. The van der Waals surface area contributed by atoms with Gasteiger partial charge < -0.3 is 4.74 Å². The molecular formula is C20H16ClNO. The second-order valence-electron chi connectivity index (χ2n) is 6.30. The largest absolute Gasteiger partial charge is 0.471 e. The summed E-state index contributed by atoms with van der Waals surface area (Å²) in [7, 11) is 0. The third kappa shape index (κ3) is 2.06. The van der Waals surface area contributed by atoms with Crippen LogP contribution in [0.3, 0.4) is 0 Å². The second-order valence-corrected chi connectivity index (χ2v) is 6.73. The van der Waals surface area contributed by atoms with Gasteiger partial charge in [-0.3, -0.25) is 4.90 Å². The Balaban J connectivity index is 1.64. The van der Waals surface area contributed by atoms with E-state index in [1.54, 1.807) is 0 Å². The van der Waals surface area contributed by atoms with Crippen LogP contribution in [-0.2, 0) is 13.0 Å². The molecule has 0 fully saturated rings. The van der Waals surface area contributed by atoms with Crippen LogP contribution >= 0.6 is 11.6 Å². The zero-order chi connectivity index (χ0) is 15.4. The molecule has 2 heterocycles. The van der Waals surface area contributed by atoms with Gasteiger partial charge in [0.25, 0.3) is 0 Å². The van der Waals surface area contributed by atoms with Crippen molar-refractivity contribution in [3.8, 4) is 5.75 Å². The number of halogens is 1. The highest BCUT2D eigenvalue weighted by atomic mass is 35.5. The van der Waals surface area contributed by atoms with Crippen molar-refractivity contribution in [2.45, 2.75) is 19.2 Å². The third-order valence-corrected chi connectivity index (χ3v) is 5.21. The number of fused-ring (bicyclic) bond motifs is 6. The fraction of sp³-hybridized carbons (Fsp3) is 0.200. The molecule has 2 nitrogen and oxygen atoms in total. The van der Waals surface area contributed by atoms with Crippen LogP contribution in [0, 0.1) is 0 Å². The van der Waals surface area contributed by atoms with Gasteiger partial charge in [-0.25, -0.2) is 0 Å². The topological polar surface area (TPSA) is 12.5 Å². The van der Waals surface area contributed by atoms with E-state index >= 15 is 0 Å². The summed E-state index contributed by atoms with van der Waals surface area (Å²) in [4.78, 5) is 2.43. The fourth-order valence-electron chi connectivity index (χ4n) is 3.82. The Hall–Kier alpha value is -2.03. The molecule has 0 aliphatic carbocycles. The van der Waals surface area contributed by atoms with Crippen LogP contribution in [0.2, 0.25) is 5.02 Å². The van der Waals surface area contributed by atoms with Crippen LogP contribution in [0.4, 0.5) is 0 Å². The Morgan fingerprint density at radius 2 is 1.96 bits per heavy atom. The van der Waals surface area contributed by atoms with E-state index in [0.29, 0.717) is 0 Å². The summed E-state index contributed by atoms with van der Waals surface area (Å²) < 4.78 is 6.39. The first kappa shape index (κ1) is 13.4. The minimum Gasteiger partial charge on any atom is -0.471 e. The van der Waals surface area contributed by atoms with E-state index in [-0.39, 0.29) is 6.23 Å². The molecule has 0 bridgehead atoms. The van der Waals surface area contributed by atoms with Crippen molar-refractivity contribution < 1.29 is 4.74 Å². The number of rotatable bonds is 0. The Morgan fingerprint density at radius 1 is 1.04 bits per heavy atom.